The largest absolute Gasteiger partial charge is 0.347 e. The van der Waals surface area contributed by atoms with Gasteiger partial charge in [-0.15, -0.1) is 12.4 Å². The summed E-state index contributed by atoms with van der Waals surface area (Å²) in [5.41, 5.74) is -0.147. The zero-order chi connectivity index (χ0) is 8.39. The zero-order valence-electron chi connectivity index (χ0n) is 7.14. The van der Waals surface area contributed by atoms with Crippen LogP contribution in [0.4, 0.5) is 0 Å². The highest BCUT2D eigenvalue weighted by Crippen LogP contribution is 2.10. The molecule has 0 aromatic carbocycles. The van der Waals surface area contributed by atoms with Gasteiger partial charge in [-0.1, -0.05) is 0 Å². The molecule has 0 spiro atoms. The molecule has 72 valence electrons. The maximum absolute atomic E-state index is 11.2. The summed E-state index contributed by atoms with van der Waals surface area (Å²) < 4.78 is 1.69. The Labute approximate surface area is 82.4 Å². The van der Waals surface area contributed by atoms with Crippen molar-refractivity contribution >= 4 is 12.4 Å². The third-order valence-electron chi connectivity index (χ3n) is 2.17. The van der Waals surface area contributed by atoms with Gasteiger partial charge in [0.1, 0.15) is 0 Å². The normalized spacial score (nSPS) is 21.1. The number of halogens is 1. The minimum absolute atomic E-state index is 0. The van der Waals surface area contributed by atoms with Gasteiger partial charge in [0, 0.05) is 18.9 Å². The van der Waals surface area contributed by atoms with Crippen molar-refractivity contribution in [3.63, 3.8) is 0 Å². The van der Waals surface area contributed by atoms with E-state index in [4.69, 9.17) is 0 Å². The summed E-state index contributed by atoms with van der Waals surface area (Å²) in [7, 11) is 0. The molecule has 1 aliphatic rings. The van der Waals surface area contributed by atoms with Crippen LogP contribution < -0.4 is 11.0 Å². The molecule has 5 heteroatoms. The molecule has 0 amide bonds. The van der Waals surface area contributed by atoms with E-state index in [1.807, 2.05) is 0 Å². The van der Waals surface area contributed by atoms with E-state index < -0.39 is 0 Å². The molecule has 1 unspecified atom stereocenters. The smallest absolute Gasteiger partial charge is 0.315 e. The molecule has 2 heterocycles. The Hall–Kier alpha value is -0.870. The van der Waals surface area contributed by atoms with Gasteiger partial charge in [0.25, 0.3) is 0 Å². The second-order valence-electron chi connectivity index (χ2n) is 2.96. The molecule has 0 bridgehead atoms. The van der Waals surface area contributed by atoms with Crippen LogP contribution in [0.2, 0.25) is 0 Å². The van der Waals surface area contributed by atoms with E-state index in [1.54, 1.807) is 16.8 Å². The van der Waals surface area contributed by atoms with Crippen molar-refractivity contribution in [2.45, 2.75) is 12.5 Å². The van der Waals surface area contributed by atoms with Gasteiger partial charge in [0.2, 0.25) is 0 Å². The lowest BCUT2D eigenvalue weighted by molar-refractivity contribution is 0.518. The van der Waals surface area contributed by atoms with Crippen LogP contribution in [-0.2, 0) is 0 Å². The predicted octanol–water partition coefficient (Wildman–Crippen LogP) is 0.199. The Morgan fingerprint density at radius 3 is 3.08 bits per heavy atom. The van der Waals surface area contributed by atoms with Crippen LogP contribution in [0.15, 0.2) is 23.3 Å². The van der Waals surface area contributed by atoms with Gasteiger partial charge in [-0.05, 0) is 19.0 Å². The summed E-state index contributed by atoms with van der Waals surface area (Å²) in [5.74, 6) is 0. The van der Waals surface area contributed by atoms with Gasteiger partial charge >= 0.3 is 5.69 Å². The molecular weight excluding hydrogens is 190 g/mol. The molecule has 13 heavy (non-hydrogen) atoms. The molecule has 0 aliphatic carbocycles. The van der Waals surface area contributed by atoms with Crippen molar-refractivity contribution in [2.75, 3.05) is 13.1 Å². The highest BCUT2D eigenvalue weighted by molar-refractivity contribution is 5.85. The van der Waals surface area contributed by atoms with E-state index in [0.717, 1.165) is 19.5 Å². The minimum Gasteiger partial charge on any atom is -0.315 e. The molecule has 1 aliphatic heterocycles. The first-order valence-corrected chi connectivity index (χ1v) is 4.12. The molecule has 4 nitrogen and oxygen atoms in total. The third kappa shape index (κ3) is 2.08. The van der Waals surface area contributed by atoms with Gasteiger partial charge in [0.05, 0.1) is 6.04 Å². The van der Waals surface area contributed by atoms with Gasteiger partial charge in [-0.25, -0.2) is 9.78 Å². The van der Waals surface area contributed by atoms with E-state index in [9.17, 15) is 4.79 Å². The number of nitrogens with zero attached hydrogens (tertiary/aromatic N) is 2. The summed E-state index contributed by atoms with van der Waals surface area (Å²) in [6.07, 6.45) is 4.35. The SMILES string of the molecule is Cl.O=c1ncccn1C1CCNC1. The van der Waals surface area contributed by atoms with Crippen LogP contribution in [0, 0.1) is 0 Å². The zero-order valence-corrected chi connectivity index (χ0v) is 7.96. The molecule has 1 fully saturated rings. The molecule has 0 radical (unpaired) electrons. The molecule has 1 N–H and O–H groups in total. The number of nitrogens with one attached hydrogen (secondary N) is 1. The Morgan fingerprint density at radius 2 is 2.46 bits per heavy atom. The van der Waals surface area contributed by atoms with E-state index in [-0.39, 0.29) is 18.1 Å². The van der Waals surface area contributed by atoms with Crippen molar-refractivity contribution < 1.29 is 0 Å². The van der Waals surface area contributed by atoms with Crippen LogP contribution in [0.1, 0.15) is 12.5 Å². The molecule has 1 saturated heterocycles. The maximum atomic E-state index is 11.2. The van der Waals surface area contributed by atoms with Crippen LogP contribution in [0.5, 0.6) is 0 Å². The predicted molar refractivity (Wildman–Crippen MR) is 52.3 cm³/mol. The Morgan fingerprint density at radius 1 is 1.62 bits per heavy atom. The fraction of sp³-hybridized carbons (Fsp3) is 0.500. The number of hydrogen-bond acceptors (Lipinski definition) is 3. The van der Waals surface area contributed by atoms with Crippen LogP contribution in [-0.4, -0.2) is 22.6 Å². The van der Waals surface area contributed by atoms with Crippen LogP contribution in [0.25, 0.3) is 0 Å². The number of aromatic nitrogens is 2. The molecule has 0 saturated carbocycles. The second-order valence-corrected chi connectivity index (χ2v) is 2.96. The number of rotatable bonds is 1. The lowest BCUT2D eigenvalue weighted by atomic mass is 10.2. The van der Waals surface area contributed by atoms with Gasteiger partial charge in [-0.3, -0.25) is 4.57 Å². The molecule has 1 atom stereocenters. The Kier molecular flexibility index (Phi) is 3.45. The summed E-state index contributed by atoms with van der Waals surface area (Å²) in [6, 6.07) is 2.09. The quantitative estimate of drug-likeness (QED) is 0.706. The first-order valence-electron chi connectivity index (χ1n) is 4.12. The van der Waals surface area contributed by atoms with E-state index in [0.29, 0.717) is 6.04 Å². The summed E-state index contributed by atoms with van der Waals surface area (Å²) in [4.78, 5) is 14.9. The molecule has 2 rings (SSSR count). The van der Waals surface area contributed by atoms with Crippen molar-refractivity contribution in [2.24, 2.45) is 0 Å². The standard InChI is InChI=1S/C8H11N3O.ClH/c12-8-10-3-1-5-11(8)7-2-4-9-6-7;/h1,3,5,7,9H,2,4,6H2;1H. The summed E-state index contributed by atoms with van der Waals surface area (Å²) in [6.45, 7) is 1.87. The molecular formula is C8H12ClN3O. The van der Waals surface area contributed by atoms with Gasteiger partial charge in [-0.2, -0.15) is 0 Å². The first-order chi connectivity index (χ1) is 5.88. The first kappa shape index (κ1) is 10.2. The van der Waals surface area contributed by atoms with Gasteiger partial charge in [0.15, 0.2) is 0 Å². The highest BCUT2D eigenvalue weighted by Gasteiger charge is 2.16. The lowest BCUT2D eigenvalue weighted by Gasteiger charge is -2.10. The van der Waals surface area contributed by atoms with E-state index >= 15 is 0 Å². The monoisotopic (exact) mass is 201 g/mol. The number of hydrogen-bond donors (Lipinski definition) is 1. The third-order valence-corrected chi connectivity index (χ3v) is 2.17. The summed E-state index contributed by atoms with van der Waals surface area (Å²) >= 11 is 0. The second kappa shape index (κ2) is 4.39. The highest BCUT2D eigenvalue weighted by atomic mass is 35.5. The van der Waals surface area contributed by atoms with Crippen molar-refractivity contribution in [3.05, 3.63) is 28.9 Å². The van der Waals surface area contributed by atoms with Crippen molar-refractivity contribution in [1.29, 1.82) is 0 Å². The lowest BCUT2D eigenvalue weighted by Crippen LogP contribution is -2.27. The van der Waals surface area contributed by atoms with Crippen LogP contribution >= 0.6 is 12.4 Å². The Balaban J connectivity index is 0.000000845. The topological polar surface area (TPSA) is 46.9 Å². The maximum Gasteiger partial charge on any atom is 0.347 e. The fourth-order valence-electron chi connectivity index (χ4n) is 1.52. The average molecular weight is 202 g/mol. The summed E-state index contributed by atoms with van der Waals surface area (Å²) in [5, 5.41) is 3.21. The van der Waals surface area contributed by atoms with Gasteiger partial charge < -0.3 is 5.32 Å². The average Bonchev–Trinajstić information content (AvgIpc) is 2.57. The molecule has 1 aromatic heterocycles. The Bertz CT molecular complexity index is 319. The van der Waals surface area contributed by atoms with Crippen LogP contribution in [0.3, 0.4) is 0 Å². The molecule has 1 aromatic rings. The minimum atomic E-state index is -0.147. The van der Waals surface area contributed by atoms with E-state index in [1.165, 1.54) is 6.20 Å². The van der Waals surface area contributed by atoms with Crippen molar-refractivity contribution in [1.82, 2.24) is 14.9 Å². The fourth-order valence-corrected chi connectivity index (χ4v) is 1.52. The van der Waals surface area contributed by atoms with E-state index in [2.05, 4.69) is 10.3 Å². The van der Waals surface area contributed by atoms with Crippen molar-refractivity contribution in [3.8, 4) is 0 Å².